The molecule has 0 aliphatic heterocycles. The summed E-state index contributed by atoms with van der Waals surface area (Å²) in [4.78, 5) is 12.3. The van der Waals surface area contributed by atoms with Crippen molar-refractivity contribution in [1.29, 1.82) is 0 Å². The van der Waals surface area contributed by atoms with Crippen molar-refractivity contribution >= 4 is 21.6 Å². The average molecular weight is 403 g/mol. The molecule has 0 bridgehead atoms. The molecular formula is C22H30N2O3S. The van der Waals surface area contributed by atoms with Gasteiger partial charge in [-0.15, -0.1) is 0 Å². The van der Waals surface area contributed by atoms with Gasteiger partial charge in [-0.3, -0.25) is 9.10 Å². The van der Waals surface area contributed by atoms with Crippen LogP contribution in [-0.2, 0) is 16.6 Å². The first kappa shape index (κ1) is 22.0. The molecular weight excluding hydrogens is 372 g/mol. The first-order chi connectivity index (χ1) is 13.0. The number of hydrogen-bond acceptors (Lipinski definition) is 3. The fourth-order valence-electron chi connectivity index (χ4n) is 2.66. The van der Waals surface area contributed by atoms with Crippen molar-refractivity contribution in [3.63, 3.8) is 0 Å². The van der Waals surface area contributed by atoms with Gasteiger partial charge in [0.1, 0.15) is 0 Å². The van der Waals surface area contributed by atoms with E-state index >= 15 is 0 Å². The van der Waals surface area contributed by atoms with Crippen LogP contribution in [0.15, 0.2) is 42.5 Å². The zero-order valence-corrected chi connectivity index (χ0v) is 18.3. The lowest BCUT2D eigenvalue weighted by Gasteiger charge is -2.23. The topological polar surface area (TPSA) is 66.5 Å². The number of nitrogens with one attached hydrogen (secondary N) is 1. The normalized spacial score (nSPS) is 12.7. The number of sulfonamides is 1. The minimum Gasteiger partial charge on any atom is -0.349 e. The molecule has 2 aromatic carbocycles. The minimum atomic E-state index is -3.44. The maximum absolute atomic E-state index is 12.4. The van der Waals surface area contributed by atoms with E-state index < -0.39 is 10.0 Å². The molecule has 1 atom stereocenters. The van der Waals surface area contributed by atoms with Crippen molar-refractivity contribution in [2.45, 2.75) is 47.2 Å². The van der Waals surface area contributed by atoms with E-state index in [1.54, 1.807) is 24.3 Å². The first-order valence-electron chi connectivity index (χ1n) is 9.44. The highest BCUT2D eigenvalue weighted by atomic mass is 32.2. The number of anilines is 1. The van der Waals surface area contributed by atoms with E-state index in [1.165, 1.54) is 10.6 Å². The van der Waals surface area contributed by atoms with Crippen LogP contribution in [-0.4, -0.2) is 26.6 Å². The molecule has 2 rings (SSSR count). The Kier molecular flexibility index (Phi) is 6.88. The fraction of sp³-hybridized carbons (Fsp3) is 0.409. The Hall–Kier alpha value is -2.34. The number of amides is 1. The summed E-state index contributed by atoms with van der Waals surface area (Å²) in [7, 11) is -3.44. The third-order valence-corrected chi connectivity index (χ3v) is 6.22. The number of nitrogens with zero attached hydrogens (tertiary/aromatic N) is 1. The highest BCUT2D eigenvalue weighted by Gasteiger charge is 2.19. The SMILES string of the molecule is Cc1ccc(N(Cc2ccc(C(=O)N[C@@H](C)C(C)C)cc2)S(C)(=O)=O)cc1C. The van der Waals surface area contributed by atoms with Crippen molar-refractivity contribution in [1.82, 2.24) is 5.32 Å². The first-order valence-corrected chi connectivity index (χ1v) is 11.3. The van der Waals surface area contributed by atoms with Crippen LogP contribution in [0.4, 0.5) is 5.69 Å². The van der Waals surface area contributed by atoms with Crippen LogP contribution >= 0.6 is 0 Å². The van der Waals surface area contributed by atoms with Gasteiger partial charge >= 0.3 is 0 Å². The van der Waals surface area contributed by atoms with Crippen molar-refractivity contribution in [2.24, 2.45) is 5.92 Å². The third kappa shape index (κ3) is 5.58. The highest BCUT2D eigenvalue weighted by molar-refractivity contribution is 7.92. The van der Waals surface area contributed by atoms with E-state index in [-0.39, 0.29) is 18.5 Å². The number of hydrogen-bond donors (Lipinski definition) is 1. The van der Waals surface area contributed by atoms with Crippen LogP contribution in [0.25, 0.3) is 0 Å². The molecule has 5 nitrogen and oxygen atoms in total. The van der Waals surface area contributed by atoms with Crippen LogP contribution in [0.1, 0.15) is 47.8 Å². The molecule has 0 aliphatic carbocycles. The van der Waals surface area contributed by atoms with Crippen molar-refractivity contribution in [2.75, 3.05) is 10.6 Å². The molecule has 1 N–H and O–H groups in total. The summed E-state index contributed by atoms with van der Waals surface area (Å²) in [6, 6.07) is 12.8. The molecule has 0 aliphatic rings. The Morgan fingerprint density at radius 3 is 2.11 bits per heavy atom. The number of carbonyl (C=O) groups excluding carboxylic acids is 1. The molecule has 1 amide bonds. The molecule has 0 unspecified atom stereocenters. The Labute approximate surface area is 168 Å². The molecule has 0 heterocycles. The molecule has 2 aromatic rings. The van der Waals surface area contributed by atoms with E-state index in [0.717, 1.165) is 16.7 Å². The standard InChI is InChI=1S/C22H30N2O3S/c1-15(2)18(5)23-22(25)20-10-8-19(9-11-20)14-24(28(6,26)27)21-12-7-16(3)17(4)13-21/h7-13,15,18H,14H2,1-6H3,(H,23,25)/t18-/m0/s1. The van der Waals surface area contributed by atoms with Gasteiger partial charge in [0.25, 0.3) is 5.91 Å². The molecule has 0 fully saturated rings. The van der Waals surface area contributed by atoms with Gasteiger partial charge in [0.2, 0.25) is 10.0 Å². The van der Waals surface area contributed by atoms with Gasteiger partial charge in [-0.25, -0.2) is 8.42 Å². The van der Waals surface area contributed by atoms with Gasteiger partial charge < -0.3 is 5.32 Å². The summed E-state index contributed by atoms with van der Waals surface area (Å²) in [5.74, 6) is 0.228. The maximum atomic E-state index is 12.4. The summed E-state index contributed by atoms with van der Waals surface area (Å²) >= 11 is 0. The zero-order chi connectivity index (χ0) is 21.1. The summed E-state index contributed by atoms with van der Waals surface area (Å²) in [6.45, 7) is 10.3. The molecule has 0 radical (unpaired) electrons. The van der Waals surface area contributed by atoms with Crippen molar-refractivity contribution in [3.05, 3.63) is 64.7 Å². The van der Waals surface area contributed by atoms with E-state index in [4.69, 9.17) is 0 Å². The lowest BCUT2D eigenvalue weighted by atomic mass is 10.1. The Morgan fingerprint density at radius 1 is 1.00 bits per heavy atom. The average Bonchev–Trinajstić information content (AvgIpc) is 2.61. The highest BCUT2D eigenvalue weighted by Crippen LogP contribution is 2.23. The Morgan fingerprint density at radius 2 is 1.61 bits per heavy atom. The second-order valence-electron chi connectivity index (χ2n) is 7.74. The van der Waals surface area contributed by atoms with Gasteiger partial charge in [-0.05, 0) is 67.6 Å². The molecule has 6 heteroatoms. The van der Waals surface area contributed by atoms with Gasteiger partial charge in [0.05, 0.1) is 18.5 Å². The summed E-state index contributed by atoms with van der Waals surface area (Å²) < 4.78 is 26.1. The summed E-state index contributed by atoms with van der Waals surface area (Å²) in [6.07, 6.45) is 1.21. The fourth-order valence-corrected chi connectivity index (χ4v) is 3.54. The molecule has 152 valence electrons. The van der Waals surface area contributed by atoms with Crippen LogP contribution in [0.2, 0.25) is 0 Å². The number of rotatable bonds is 7. The van der Waals surface area contributed by atoms with Gasteiger partial charge in [-0.2, -0.15) is 0 Å². The van der Waals surface area contributed by atoms with E-state index in [2.05, 4.69) is 19.2 Å². The predicted octanol–water partition coefficient (Wildman–Crippen LogP) is 4.04. The monoisotopic (exact) mass is 402 g/mol. The number of benzene rings is 2. The van der Waals surface area contributed by atoms with Crippen molar-refractivity contribution in [3.8, 4) is 0 Å². The molecule has 28 heavy (non-hydrogen) atoms. The second kappa shape index (κ2) is 8.78. The van der Waals surface area contributed by atoms with Crippen LogP contribution in [0, 0.1) is 19.8 Å². The minimum absolute atomic E-state index is 0.0812. The van der Waals surface area contributed by atoms with Crippen LogP contribution in [0.5, 0.6) is 0 Å². The third-order valence-electron chi connectivity index (χ3n) is 5.08. The predicted molar refractivity (Wildman–Crippen MR) is 115 cm³/mol. The van der Waals surface area contributed by atoms with Crippen LogP contribution in [0.3, 0.4) is 0 Å². The molecule has 0 aromatic heterocycles. The molecule has 0 saturated carbocycles. The summed E-state index contributed by atoms with van der Waals surface area (Å²) in [5.41, 5.74) is 4.17. The van der Waals surface area contributed by atoms with Crippen molar-refractivity contribution < 1.29 is 13.2 Å². The zero-order valence-electron chi connectivity index (χ0n) is 17.5. The lowest BCUT2D eigenvalue weighted by molar-refractivity contribution is 0.0930. The van der Waals surface area contributed by atoms with Gasteiger partial charge in [-0.1, -0.05) is 32.0 Å². The van der Waals surface area contributed by atoms with Gasteiger partial charge in [0, 0.05) is 11.6 Å². The summed E-state index contributed by atoms with van der Waals surface area (Å²) in [5, 5.41) is 2.97. The van der Waals surface area contributed by atoms with E-state index in [0.29, 0.717) is 17.2 Å². The van der Waals surface area contributed by atoms with E-state index in [1.807, 2.05) is 39.0 Å². The molecule has 0 spiro atoms. The second-order valence-corrected chi connectivity index (χ2v) is 9.65. The van der Waals surface area contributed by atoms with Gasteiger partial charge in [0.15, 0.2) is 0 Å². The maximum Gasteiger partial charge on any atom is 0.251 e. The quantitative estimate of drug-likeness (QED) is 0.760. The smallest absolute Gasteiger partial charge is 0.251 e. The lowest BCUT2D eigenvalue weighted by Crippen LogP contribution is -2.36. The number of aryl methyl sites for hydroxylation is 2. The molecule has 0 saturated heterocycles. The Bertz CT molecular complexity index is 935. The van der Waals surface area contributed by atoms with E-state index in [9.17, 15) is 13.2 Å². The Balaban J connectivity index is 2.21. The van der Waals surface area contributed by atoms with Crippen LogP contribution < -0.4 is 9.62 Å². The number of carbonyl (C=O) groups is 1. The largest absolute Gasteiger partial charge is 0.349 e.